The number of halogens is 1. The van der Waals surface area contributed by atoms with Crippen LogP contribution in [0.5, 0.6) is 0 Å². The van der Waals surface area contributed by atoms with Gasteiger partial charge < -0.3 is 10.4 Å². The van der Waals surface area contributed by atoms with E-state index in [0.29, 0.717) is 23.2 Å². The van der Waals surface area contributed by atoms with E-state index in [2.05, 4.69) is 73.0 Å². The van der Waals surface area contributed by atoms with Gasteiger partial charge in [0.25, 0.3) is 0 Å². The lowest BCUT2D eigenvalue weighted by Gasteiger charge is -2.58. The number of aliphatic hydroxyl groups is 1. The molecule has 0 spiro atoms. The third-order valence-corrected chi connectivity index (χ3v) is 11.1. The smallest absolute Gasteiger partial charge is 0.224 e. The van der Waals surface area contributed by atoms with Gasteiger partial charge in [-0.25, -0.2) is 0 Å². The standard InChI is InChI=1S/C29H40INO2/c1-18(31-27(33)16-19-5-4-6-21(30)15-19)24-9-10-25-23-8-7-20-17-22(32)11-13-28(20,2)26(23)12-14-29(24,25)3/h4-7,15,18,22-26,32H,8-14,16-17H2,1-3H3,(H,31,33). The number of hydrogen-bond donors (Lipinski definition) is 2. The van der Waals surface area contributed by atoms with Crippen LogP contribution in [0.1, 0.15) is 77.7 Å². The van der Waals surface area contributed by atoms with Crippen molar-refractivity contribution in [2.45, 2.75) is 90.7 Å². The summed E-state index contributed by atoms with van der Waals surface area (Å²) >= 11 is 2.31. The summed E-state index contributed by atoms with van der Waals surface area (Å²) in [4.78, 5) is 12.9. The van der Waals surface area contributed by atoms with Gasteiger partial charge in [-0.15, -0.1) is 0 Å². The maximum absolute atomic E-state index is 12.9. The molecule has 4 aliphatic rings. The number of carbonyl (C=O) groups excluding carboxylic acids is 1. The maximum atomic E-state index is 12.9. The van der Waals surface area contributed by atoms with Gasteiger partial charge in [0.05, 0.1) is 12.5 Å². The highest BCUT2D eigenvalue weighted by molar-refractivity contribution is 14.1. The van der Waals surface area contributed by atoms with Gasteiger partial charge in [-0.05, 0) is 133 Å². The van der Waals surface area contributed by atoms with Crippen molar-refractivity contribution in [3.63, 3.8) is 0 Å². The lowest BCUT2D eigenvalue weighted by atomic mass is 9.47. The summed E-state index contributed by atoms with van der Waals surface area (Å²) < 4.78 is 1.18. The lowest BCUT2D eigenvalue weighted by Crippen LogP contribution is -2.52. The molecule has 4 aliphatic carbocycles. The van der Waals surface area contributed by atoms with E-state index in [9.17, 15) is 9.90 Å². The molecule has 0 bridgehead atoms. The normalized spacial score (nSPS) is 40.8. The predicted molar refractivity (Wildman–Crippen MR) is 142 cm³/mol. The molecule has 8 atom stereocenters. The molecule has 0 saturated heterocycles. The predicted octanol–water partition coefficient (Wildman–Crippen LogP) is 6.28. The summed E-state index contributed by atoms with van der Waals surface area (Å²) in [5, 5.41) is 13.6. The Morgan fingerprint density at radius 1 is 1.18 bits per heavy atom. The van der Waals surface area contributed by atoms with Crippen LogP contribution in [-0.4, -0.2) is 23.2 Å². The first-order valence-electron chi connectivity index (χ1n) is 13.1. The Kier molecular flexibility index (Phi) is 6.48. The summed E-state index contributed by atoms with van der Waals surface area (Å²) in [6.07, 6.45) is 12.2. The second kappa shape index (κ2) is 8.96. The second-order valence-electron chi connectivity index (χ2n) is 12.0. The zero-order valence-electron chi connectivity index (χ0n) is 20.4. The van der Waals surface area contributed by atoms with Gasteiger partial charge in [-0.3, -0.25) is 4.79 Å². The minimum atomic E-state index is -0.130. The van der Waals surface area contributed by atoms with Crippen LogP contribution in [0.2, 0.25) is 0 Å². The van der Waals surface area contributed by atoms with Crippen LogP contribution in [0.25, 0.3) is 0 Å². The number of aliphatic hydroxyl groups excluding tert-OH is 1. The molecule has 1 aromatic rings. The van der Waals surface area contributed by atoms with Crippen molar-refractivity contribution in [1.29, 1.82) is 0 Å². The van der Waals surface area contributed by atoms with Crippen LogP contribution in [0.4, 0.5) is 0 Å². The minimum Gasteiger partial charge on any atom is -0.393 e. The van der Waals surface area contributed by atoms with Gasteiger partial charge in [-0.2, -0.15) is 0 Å². The number of benzene rings is 1. The van der Waals surface area contributed by atoms with Crippen molar-refractivity contribution in [3.8, 4) is 0 Å². The van der Waals surface area contributed by atoms with E-state index in [1.165, 1.54) is 35.7 Å². The van der Waals surface area contributed by atoms with Gasteiger partial charge >= 0.3 is 0 Å². The molecular weight excluding hydrogens is 521 g/mol. The summed E-state index contributed by atoms with van der Waals surface area (Å²) in [6, 6.07) is 8.49. The number of hydrogen-bond acceptors (Lipinski definition) is 2. The molecule has 3 nitrogen and oxygen atoms in total. The Morgan fingerprint density at radius 2 is 2.00 bits per heavy atom. The third kappa shape index (κ3) is 4.22. The van der Waals surface area contributed by atoms with Crippen molar-refractivity contribution >= 4 is 28.5 Å². The molecule has 2 N–H and O–H groups in total. The van der Waals surface area contributed by atoms with E-state index in [4.69, 9.17) is 0 Å². The number of amides is 1. The Labute approximate surface area is 213 Å². The SMILES string of the molecule is CC(NC(=O)Cc1cccc(I)c1)C1CCC2C3CC=C4CC(O)CCC4(C)C3CCC12C. The average Bonchev–Trinajstić information content (AvgIpc) is 3.11. The highest BCUT2D eigenvalue weighted by Gasteiger charge is 2.59. The van der Waals surface area contributed by atoms with Crippen molar-refractivity contribution in [2.75, 3.05) is 0 Å². The number of carbonyl (C=O) groups is 1. The Bertz CT molecular complexity index is 943. The molecule has 33 heavy (non-hydrogen) atoms. The fraction of sp³-hybridized carbons (Fsp3) is 0.690. The average molecular weight is 562 g/mol. The van der Waals surface area contributed by atoms with E-state index in [0.717, 1.165) is 42.6 Å². The number of nitrogens with one attached hydrogen (secondary N) is 1. The Morgan fingerprint density at radius 3 is 2.79 bits per heavy atom. The molecule has 8 unspecified atom stereocenters. The zero-order valence-corrected chi connectivity index (χ0v) is 22.6. The molecule has 0 aromatic heterocycles. The van der Waals surface area contributed by atoms with Gasteiger partial charge in [-0.1, -0.05) is 37.6 Å². The van der Waals surface area contributed by atoms with Crippen LogP contribution in [0.3, 0.4) is 0 Å². The van der Waals surface area contributed by atoms with Crippen molar-refractivity contribution in [1.82, 2.24) is 5.32 Å². The van der Waals surface area contributed by atoms with Gasteiger partial charge in [0.1, 0.15) is 0 Å². The van der Waals surface area contributed by atoms with Crippen molar-refractivity contribution in [3.05, 3.63) is 45.0 Å². The lowest BCUT2D eigenvalue weighted by molar-refractivity contribution is -0.122. The number of rotatable bonds is 4. The quantitative estimate of drug-likeness (QED) is 0.336. The summed E-state index contributed by atoms with van der Waals surface area (Å²) in [5.41, 5.74) is 3.27. The highest BCUT2D eigenvalue weighted by atomic mass is 127. The van der Waals surface area contributed by atoms with Crippen LogP contribution in [0, 0.1) is 38.1 Å². The summed E-state index contributed by atoms with van der Waals surface area (Å²) in [5.74, 6) is 3.02. The highest BCUT2D eigenvalue weighted by Crippen LogP contribution is 2.66. The summed E-state index contributed by atoms with van der Waals surface area (Å²) in [6.45, 7) is 7.30. The van der Waals surface area contributed by atoms with E-state index in [1.54, 1.807) is 5.57 Å². The molecule has 0 radical (unpaired) electrons. The maximum Gasteiger partial charge on any atom is 0.224 e. The third-order valence-electron chi connectivity index (χ3n) is 10.4. The Balaban J connectivity index is 1.28. The second-order valence-corrected chi connectivity index (χ2v) is 13.3. The fourth-order valence-electron chi connectivity index (χ4n) is 8.74. The molecule has 1 aromatic carbocycles. The van der Waals surface area contributed by atoms with Crippen LogP contribution in [-0.2, 0) is 11.2 Å². The van der Waals surface area contributed by atoms with Crippen LogP contribution >= 0.6 is 22.6 Å². The van der Waals surface area contributed by atoms with Crippen molar-refractivity contribution in [2.24, 2.45) is 34.5 Å². The fourth-order valence-corrected chi connectivity index (χ4v) is 9.35. The molecule has 5 rings (SSSR count). The molecule has 0 aliphatic heterocycles. The first-order chi connectivity index (χ1) is 15.7. The summed E-state index contributed by atoms with van der Waals surface area (Å²) in [7, 11) is 0. The topological polar surface area (TPSA) is 49.3 Å². The first-order valence-corrected chi connectivity index (χ1v) is 14.2. The molecule has 3 saturated carbocycles. The Hall–Kier alpha value is -0.880. The van der Waals surface area contributed by atoms with Crippen molar-refractivity contribution < 1.29 is 9.90 Å². The van der Waals surface area contributed by atoms with E-state index >= 15 is 0 Å². The molecule has 4 heteroatoms. The van der Waals surface area contributed by atoms with Gasteiger partial charge in [0, 0.05) is 9.61 Å². The largest absolute Gasteiger partial charge is 0.393 e. The van der Waals surface area contributed by atoms with Crippen LogP contribution < -0.4 is 5.32 Å². The number of allylic oxidation sites excluding steroid dienone is 1. The monoisotopic (exact) mass is 561 g/mol. The molecule has 0 heterocycles. The van der Waals surface area contributed by atoms with E-state index in [-0.39, 0.29) is 18.1 Å². The molecule has 180 valence electrons. The first kappa shape index (κ1) is 23.8. The molecular formula is C29H40INO2. The van der Waals surface area contributed by atoms with Gasteiger partial charge in [0.15, 0.2) is 0 Å². The van der Waals surface area contributed by atoms with Gasteiger partial charge in [0.2, 0.25) is 5.91 Å². The molecule has 1 amide bonds. The number of fused-ring (bicyclic) bond motifs is 5. The van der Waals surface area contributed by atoms with E-state index in [1.807, 2.05) is 6.07 Å². The molecule has 3 fully saturated rings. The van der Waals surface area contributed by atoms with Crippen LogP contribution in [0.15, 0.2) is 35.9 Å². The minimum absolute atomic E-state index is 0.130. The van der Waals surface area contributed by atoms with E-state index < -0.39 is 0 Å². The zero-order chi connectivity index (χ0) is 23.4.